The molecule has 1 atom stereocenters. The summed E-state index contributed by atoms with van der Waals surface area (Å²) in [5.74, 6) is 2.10. The highest BCUT2D eigenvalue weighted by Gasteiger charge is 2.36. The van der Waals surface area contributed by atoms with Gasteiger partial charge in [0.2, 0.25) is 0 Å². The largest absolute Gasteiger partial charge is 0.460 e. The van der Waals surface area contributed by atoms with Crippen LogP contribution in [0.2, 0.25) is 0 Å². The summed E-state index contributed by atoms with van der Waals surface area (Å²) in [4.78, 5) is 5.20. The van der Waals surface area contributed by atoms with E-state index in [1.54, 1.807) is 0 Å². The van der Waals surface area contributed by atoms with Crippen molar-refractivity contribution in [2.24, 2.45) is 0 Å². The molecule has 3 nitrogen and oxygen atoms in total. The first-order valence-electron chi connectivity index (χ1n) is 13.6. The normalized spacial score (nSPS) is 16.2. The number of furan rings is 1. The Morgan fingerprint density at radius 1 is 0.684 bits per heavy atom. The molecule has 190 valence electrons. The third-order valence-corrected chi connectivity index (χ3v) is 7.48. The first-order chi connectivity index (χ1) is 18.8. The van der Waals surface area contributed by atoms with Crippen LogP contribution in [0.5, 0.6) is 0 Å². The van der Waals surface area contributed by atoms with Gasteiger partial charge >= 0.3 is 0 Å². The number of nitrogens with zero attached hydrogens (tertiary/aromatic N) is 2. The third-order valence-electron chi connectivity index (χ3n) is 7.48. The Kier molecular flexibility index (Phi) is 7.21. The summed E-state index contributed by atoms with van der Waals surface area (Å²) < 4.78 is 6.75. The minimum absolute atomic E-state index is 0.100. The fourth-order valence-electron chi connectivity index (χ4n) is 5.80. The molecule has 0 N–H and O–H groups in total. The van der Waals surface area contributed by atoms with E-state index in [-0.39, 0.29) is 6.04 Å². The highest BCUT2D eigenvalue weighted by Crippen LogP contribution is 2.43. The van der Waals surface area contributed by atoms with E-state index in [4.69, 9.17) is 4.42 Å². The average molecular weight is 499 g/mol. The van der Waals surface area contributed by atoms with Gasteiger partial charge in [-0.1, -0.05) is 128 Å². The van der Waals surface area contributed by atoms with E-state index in [0.717, 1.165) is 49.8 Å². The van der Waals surface area contributed by atoms with Gasteiger partial charge in [-0.3, -0.25) is 9.80 Å². The molecule has 0 saturated heterocycles. The number of hydrogen-bond donors (Lipinski definition) is 0. The number of fused-ring (bicyclic) bond motifs is 1. The van der Waals surface area contributed by atoms with Gasteiger partial charge < -0.3 is 4.42 Å². The third kappa shape index (κ3) is 5.08. The number of rotatable bonds is 7. The summed E-state index contributed by atoms with van der Waals surface area (Å²) in [5.41, 5.74) is 7.75. The van der Waals surface area contributed by atoms with E-state index in [9.17, 15) is 0 Å². The highest BCUT2D eigenvalue weighted by molar-refractivity contribution is 5.65. The Hall–Kier alpha value is -3.92. The standard InChI is InChI=1S/C35H34N2O/c1-2-32-33-31(35(38-32)30-21-13-6-14-22-30)25-36(23-27-15-7-3-8-16-27)26-37(24-28-17-9-4-10-18-28)34(33)29-19-11-5-12-20-29/h3-22,34H,2,23-26H2,1H3. The quantitative estimate of drug-likeness (QED) is 0.226. The van der Waals surface area contributed by atoms with Crippen molar-refractivity contribution in [2.75, 3.05) is 6.67 Å². The zero-order valence-electron chi connectivity index (χ0n) is 22.0. The monoisotopic (exact) mass is 498 g/mol. The van der Waals surface area contributed by atoms with Crippen LogP contribution in [0.4, 0.5) is 0 Å². The van der Waals surface area contributed by atoms with Crippen molar-refractivity contribution in [1.82, 2.24) is 9.80 Å². The maximum absolute atomic E-state index is 6.75. The highest BCUT2D eigenvalue weighted by atomic mass is 16.3. The SMILES string of the molecule is CCc1oc(-c2ccccc2)c2c1C(c1ccccc1)N(Cc1ccccc1)CN(Cc1ccccc1)C2. The molecule has 1 aliphatic rings. The lowest BCUT2D eigenvalue weighted by atomic mass is 9.92. The van der Waals surface area contributed by atoms with Crippen molar-refractivity contribution in [1.29, 1.82) is 0 Å². The maximum Gasteiger partial charge on any atom is 0.139 e. The predicted molar refractivity (Wildman–Crippen MR) is 154 cm³/mol. The van der Waals surface area contributed by atoms with E-state index in [1.807, 2.05) is 0 Å². The molecular formula is C35H34N2O. The van der Waals surface area contributed by atoms with Crippen LogP contribution in [-0.2, 0) is 26.1 Å². The Balaban J connectivity index is 1.53. The molecule has 3 heteroatoms. The molecule has 1 aliphatic heterocycles. The minimum atomic E-state index is 0.100. The van der Waals surface area contributed by atoms with Crippen molar-refractivity contribution in [2.45, 2.75) is 39.0 Å². The second-order valence-electron chi connectivity index (χ2n) is 10.1. The van der Waals surface area contributed by atoms with Crippen molar-refractivity contribution in [3.8, 4) is 11.3 Å². The van der Waals surface area contributed by atoms with Crippen LogP contribution in [0, 0.1) is 0 Å². The fraction of sp³-hybridized carbons (Fsp3) is 0.200. The Morgan fingerprint density at radius 2 is 1.24 bits per heavy atom. The lowest BCUT2D eigenvalue weighted by molar-refractivity contribution is 0.0988. The molecule has 0 saturated carbocycles. The fourth-order valence-corrected chi connectivity index (χ4v) is 5.80. The van der Waals surface area contributed by atoms with Gasteiger partial charge in [0.1, 0.15) is 11.5 Å². The molecule has 0 bridgehead atoms. The molecule has 0 spiro atoms. The maximum atomic E-state index is 6.75. The summed E-state index contributed by atoms with van der Waals surface area (Å²) >= 11 is 0. The van der Waals surface area contributed by atoms with Crippen molar-refractivity contribution in [3.05, 3.63) is 155 Å². The summed E-state index contributed by atoms with van der Waals surface area (Å²) in [5, 5.41) is 0. The van der Waals surface area contributed by atoms with Gasteiger partial charge in [0.05, 0.1) is 12.7 Å². The molecule has 1 unspecified atom stereocenters. The molecule has 38 heavy (non-hydrogen) atoms. The predicted octanol–water partition coefficient (Wildman–Crippen LogP) is 8.07. The van der Waals surface area contributed by atoms with Crippen LogP contribution in [0.3, 0.4) is 0 Å². The van der Waals surface area contributed by atoms with E-state index in [0.29, 0.717) is 0 Å². The van der Waals surface area contributed by atoms with Gasteiger partial charge in [0.15, 0.2) is 0 Å². The van der Waals surface area contributed by atoms with Gasteiger partial charge in [-0.2, -0.15) is 0 Å². The van der Waals surface area contributed by atoms with E-state index < -0.39 is 0 Å². The van der Waals surface area contributed by atoms with E-state index >= 15 is 0 Å². The molecule has 0 fully saturated rings. The number of hydrogen-bond acceptors (Lipinski definition) is 3. The molecule has 5 aromatic rings. The summed E-state index contributed by atoms with van der Waals surface area (Å²) in [6.07, 6.45) is 0.858. The van der Waals surface area contributed by atoms with Crippen LogP contribution >= 0.6 is 0 Å². The van der Waals surface area contributed by atoms with Gasteiger partial charge in [-0.05, 0) is 16.7 Å². The van der Waals surface area contributed by atoms with Crippen molar-refractivity contribution < 1.29 is 4.42 Å². The molecule has 6 rings (SSSR count). The lowest BCUT2D eigenvalue weighted by Gasteiger charge is -2.34. The second kappa shape index (κ2) is 11.2. The molecule has 2 heterocycles. The first kappa shape index (κ1) is 24.4. The molecule has 0 aliphatic carbocycles. The summed E-state index contributed by atoms with van der Waals surface area (Å²) in [6.45, 7) is 5.65. The topological polar surface area (TPSA) is 19.6 Å². The summed E-state index contributed by atoms with van der Waals surface area (Å²) in [7, 11) is 0. The first-order valence-corrected chi connectivity index (χ1v) is 13.6. The van der Waals surface area contributed by atoms with Crippen LogP contribution in [0.1, 0.15) is 46.5 Å². The minimum Gasteiger partial charge on any atom is -0.460 e. The lowest BCUT2D eigenvalue weighted by Crippen LogP contribution is -2.37. The van der Waals surface area contributed by atoms with Crippen molar-refractivity contribution >= 4 is 0 Å². The van der Waals surface area contributed by atoms with E-state index in [2.05, 4.69) is 138 Å². The molecule has 0 amide bonds. The zero-order chi connectivity index (χ0) is 25.7. The van der Waals surface area contributed by atoms with Crippen LogP contribution in [0.25, 0.3) is 11.3 Å². The van der Waals surface area contributed by atoms with Gasteiger partial charge in [-0.15, -0.1) is 0 Å². The number of aryl methyl sites for hydroxylation is 1. The van der Waals surface area contributed by atoms with Crippen LogP contribution in [-0.4, -0.2) is 16.5 Å². The van der Waals surface area contributed by atoms with E-state index in [1.165, 1.54) is 27.8 Å². The molecular weight excluding hydrogens is 464 g/mol. The molecule has 1 aromatic heterocycles. The summed E-state index contributed by atoms with van der Waals surface area (Å²) in [6, 6.07) is 43.4. The smallest absolute Gasteiger partial charge is 0.139 e. The van der Waals surface area contributed by atoms with Crippen molar-refractivity contribution in [3.63, 3.8) is 0 Å². The molecule has 0 radical (unpaired) electrons. The average Bonchev–Trinajstić information content (AvgIpc) is 3.25. The molecule has 4 aromatic carbocycles. The second-order valence-corrected chi connectivity index (χ2v) is 10.1. The van der Waals surface area contributed by atoms with Crippen LogP contribution < -0.4 is 0 Å². The Labute approximate surface area is 226 Å². The van der Waals surface area contributed by atoms with Crippen LogP contribution in [0.15, 0.2) is 126 Å². The Bertz CT molecular complexity index is 1450. The van der Waals surface area contributed by atoms with Gasteiger partial charge in [0, 0.05) is 42.7 Å². The number of benzene rings is 4. The van der Waals surface area contributed by atoms with Gasteiger partial charge in [0.25, 0.3) is 0 Å². The zero-order valence-corrected chi connectivity index (χ0v) is 22.0. The van der Waals surface area contributed by atoms with Gasteiger partial charge in [-0.25, -0.2) is 0 Å². The Morgan fingerprint density at radius 3 is 1.84 bits per heavy atom.